The number of amides is 1. The predicted octanol–water partition coefficient (Wildman–Crippen LogP) is 6.15. The van der Waals surface area contributed by atoms with Crippen molar-refractivity contribution in [1.82, 2.24) is 15.2 Å². The average molecular weight is 460 g/mol. The summed E-state index contributed by atoms with van der Waals surface area (Å²) in [5.74, 6) is 0.533. The van der Waals surface area contributed by atoms with E-state index in [1.807, 2.05) is 13.8 Å². The third-order valence-corrected chi connectivity index (χ3v) is 6.49. The molecule has 0 aliphatic rings. The number of rotatable bonds is 11. The molecule has 0 bridgehead atoms. The van der Waals surface area contributed by atoms with Gasteiger partial charge in [0.15, 0.2) is 0 Å². The second kappa shape index (κ2) is 11.2. The van der Waals surface area contributed by atoms with Gasteiger partial charge in [0.05, 0.1) is 5.69 Å². The van der Waals surface area contributed by atoms with E-state index < -0.39 is 0 Å². The van der Waals surface area contributed by atoms with Crippen LogP contribution in [0.5, 0.6) is 0 Å². The number of nitrogens with zero attached hydrogens (tertiary/aromatic N) is 2. The molecule has 6 nitrogen and oxygen atoms in total. The van der Waals surface area contributed by atoms with Gasteiger partial charge in [-0.3, -0.25) is 10.0 Å². The first-order chi connectivity index (χ1) is 16.6. The van der Waals surface area contributed by atoms with Crippen LogP contribution in [0.25, 0.3) is 22.0 Å². The van der Waals surface area contributed by atoms with Crippen molar-refractivity contribution < 1.29 is 14.5 Å². The van der Waals surface area contributed by atoms with E-state index in [4.69, 9.17) is 9.73 Å². The molecule has 0 saturated heterocycles. The number of unbranched alkanes of at least 4 members (excludes halogenated alkanes) is 3. The van der Waals surface area contributed by atoms with Crippen LogP contribution in [-0.2, 0) is 24.2 Å². The summed E-state index contributed by atoms with van der Waals surface area (Å²) < 4.78 is 7.78. The summed E-state index contributed by atoms with van der Waals surface area (Å²) in [6.07, 6.45) is 8.53. The number of aryl methyl sites for hydroxylation is 5. The smallest absolute Gasteiger partial charge is 0.243 e. The Morgan fingerprint density at radius 1 is 1.03 bits per heavy atom. The first-order valence-electron chi connectivity index (χ1n) is 12.1. The van der Waals surface area contributed by atoms with Crippen LogP contribution in [0.2, 0.25) is 0 Å². The van der Waals surface area contributed by atoms with E-state index in [9.17, 15) is 4.79 Å². The SMILES string of the molecule is Cc1noc(C)c1-c1ccc2c(c1)c(CCc1ccccc1)cn2CCCCCCC(=O)NO. The van der Waals surface area contributed by atoms with Crippen LogP contribution >= 0.6 is 0 Å². The van der Waals surface area contributed by atoms with Gasteiger partial charge >= 0.3 is 0 Å². The molecule has 0 atom stereocenters. The fourth-order valence-electron chi connectivity index (χ4n) is 4.71. The Hall–Kier alpha value is -3.38. The largest absolute Gasteiger partial charge is 0.361 e. The van der Waals surface area contributed by atoms with Crippen molar-refractivity contribution in [3.8, 4) is 11.1 Å². The molecule has 1 amide bonds. The fraction of sp³-hybridized carbons (Fsp3) is 0.357. The first-order valence-corrected chi connectivity index (χ1v) is 12.1. The molecular weight excluding hydrogens is 426 g/mol. The monoisotopic (exact) mass is 459 g/mol. The quantitative estimate of drug-likeness (QED) is 0.160. The van der Waals surface area contributed by atoms with Gasteiger partial charge in [-0.05, 0) is 68.4 Å². The van der Waals surface area contributed by atoms with Gasteiger partial charge in [-0.15, -0.1) is 0 Å². The Labute approximate surface area is 200 Å². The number of carbonyl (C=O) groups is 1. The molecule has 0 aliphatic carbocycles. The molecule has 0 unspecified atom stereocenters. The Balaban J connectivity index is 1.54. The molecule has 0 spiro atoms. The number of hydroxylamine groups is 1. The lowest BCUT2D eigenvalue weighted by atomic mass is 9.99. The molecule has 2 aromatic heterocycles. The third-order valence-electron chi connectivity index (χ3n) is 6.49. The Morgan fingerprint density at radius 3 is 2.56 bits per heavy atom. The lowest BCUT2D eigenvalue weighted by molar-refractivity contribution is -0.129. The van der Waals surface area contributed by atoms with E-state index in [1.165, 1.54) is 22.0 Å². The van der Waals surface area contributed by atoms with Gasteiger partial charge in [-0.1, -0.05) is 54.4 Å². The normalized spacial score (nSPS) is 11.3. The zero-order chi connectivity index (χ0) is 23.9. The zero-order valence-corrected chi connectivity index (χ0v) is 20.0. The summed E-state index contributed by atoms with van der Waals surface area (Å²) in [5.41, 5.74) is 8.78. The summed E-state index contributed by atoms with van der Waals surface area (Å²) >= 11 is 0. The third kappa shape index (κ3) is 5.57. The van der Waals surface area contributed by atoms with E-state index in [0.29, 0.717) is 6.42 Å². The van der Waals surface area contributed by atoms with Crippen LogP contribution in [0.15, 0.2) is 59.3 Å². The molecule has 2 heterocycles. The molecule has 4 rings (SSSR count). The highest BCUT2D eigenvalue weighted by atomic mass is 16.5. The highest BCUT2D eigenvalue weighted by Gasteiger charge is 2.15. The number of hydrogen-bond acceptors (Lipinski definition) is 4. The molecule has 0 saturated carbocycles. The van der Waals surface area contributed by atoms with Crippen molar-refractivity contribution in [2.24, 2.45) is 0 Å². The molecule has 34 heavy (non-hydrogen) atoms. The molecular formula is C28H33N3O3. The predicted molar refractivity (Wildman–Crippen MR) is 134 cm³/mol. The average Bonchev–Trinajstić information content (AvgIpc) is 3.38. The first kappa shape index (κ1) is 23.8. The van der Waals surface area contributed by atoms with Crippen molar-refractivity contribution in [3.05, 3.63) is 77.3 Å². The van der Waals surface area contributed by atoms with Gasteiger partial charge in [0, 0.05) is 35.6 Å². The highest BCUT2D eigenvalue weighted by molar-refractivity contribution is 5.89. The molecule has 4 aromatic rings. The maximum absolute atomic E-state index is 11.2. The molecule has 0 fully saturated rings. The molecule has 178 valence electrons. The lowest BCUT2D eigenvalue weighted by Gasteiger charge is -2.07. The Morgan fingerprint density at radius 2 is 1.82 bits per heavy atom. The Bertz CT molecular complexity index is 1220. The van der Waals surface area contributed by atoms with Crippen LogP contribution in [0.4, 0.5) is 0 Å². The van der Waals surface area contributed by atoms with Gasteiger partial charge in [0.2, 0.25) is 5.91 Å². The number of fused-ring (bicyclic) bond motifs is 1. The van der Waals surface area contributed by atoms with E-state index in [2.05, 4.69) is 64.5 Å². The van der Waals surface area contributed by atoms with Crippen LogP contribution in [0.3, 0.4) is 0 Å². The minimum absolute atomic E-state index is 0.312. The lowest BCUT2D eigenvalue weighted by Crippen LogP contribution is -2.17. The summed E-state index contributed by atoms with van der Waals surface area (Å²) in [6.45, 7) is 4.89. The molecule has 6 heteroatoms. The maximum atomic E-state index is 11.2. The molecule has 0 aliphatic heterocycles. The second-order valence-corrected chi connectivity index (χ2v) is 8.96. The van der Waals surface area contributed by atoms with E-state index in [0.717, 1.165) is 67.7 Å². The van der Waals surface area contributed by atoms with Crippen LogP contribution < -0.4 is 5.48 Å². The molecule has 2 aromatic carbocycles. The fourth-order valence-corrected chi connectivity index (χ4v) is 4.71. The van der Waals surface area contributed by atoms with Crippen molar-refractivity contribution >= 4 is 16.8 Å². The summed E-state index contributed by atoms with van der Waals surface area (Å²) in [4.78, 5) is 11.2. The minimum Gasteiger partial charge on any atom is -0.361 e. The second-order valence-electron chi connectivity index (χ2n) is 8.96. The zero-order valence-electron chi connectivity index (χ0n) is 20.0. The topological polar surface area (TPSA) is 80.3 Å². The van der Waals surface area contributed by atoms with Crippen LogP contribution in [0.1, 0.15) is 54.7 Å². The number of hydrogen-bond donors (Lipinski definition) is 2. The molecule has 0 radical (unpaired) electrons. The number of benzene rings is 2. The summed E-state index contributed by atoms with van der Waals surface area (Å²) in [5, 5.41) is 14.0. The van der Waals surface area contributed by atoms with Crippen molar-refractivity contribution in [3.63, 3.8) is 0 Å². The van der Waals surface area contributed by atoms with Crippen molar-refractivity contribution in [1.29, 1.82) is 0 Å². The van der Waals surface area contributed by atoms with Crippen LogP contribution in [-0.4, -0.2) is 20.8 Å². The van der Waals surface area contributed by atoms with Crippen LogP contribution in [0, 0.1) is 13.8 Å². The number of aromatic nitrogens is 2. The number of carbonyl (C=O) groups excluding carboxylic acids is 1. The standard InChI is InChI=1S/C28H33N3O3/c1-20-28(21(2)34-30-20)23-15-16-26-25(18-23)24(14-13-22-10-6-5-7-11-22)19-31(26)17-9-4-3-8-12-27(32)29-33/h5-7,10-11,15-16,18-19,33H,3-4,8-9,12-14,17H2,1-2H3,(H,29,32). The van der Waals surface area contributed by atoms with Crippen molar-refractivity contribution in [2.75, 3.05) is 0 Å². The minimum atomic E-state index is -0.312. The summed E-state index contributed by atoms with van der Waals surface area (Å²) in [6, 6.07) is 17.3. The van der Waals surface area contributed by atoms with Crippen molar-refractivity contribution in [2.45, 2.75) is 65.3 Å². The Kier molecular flexibility index (Phi) is 7.80. The van der Waals surface area contributed by atoms with Gasteiger partial charge in [0.1, 0.15) is 5.76 Å². The highest BCUT2D eigenvalue weighted by Crippen LogP contribution is 2.32. The number of nitrogens with one attached hydrogen (secondary N) is 1. The van der Waals surface area contributed by atoms with Gasteiger partial charge in [-0.2, -0.15) is 0 Å². The summed E-state index contributed by atoms with van der Waals surface area (Å²) in [7, 11) is 0. The van der Waals surface area contributed by atoms with E-state index >= 15 is 0 Å². The molecule has 2 N–H and O–H groups in total. The van der Waals surface area contributed by atoms with Gasteiger partial charge in [-0.25, -0.2) is 5.48 Å². The van der Waals surface area contributed by atoms with Gasteiger partial charge < -0.3 is 9.09 Å². The van der Waals surface area contributed by atoms with E-state index in [1.54, 1.807) is 5.48 Å². The van der Waals surface area contributed by atoms with E-state index in [-0.39, 0.29) is 5.91 Å². The van der Waals surface area contributed by atoms with Gasteiger partial charge in [0.25, 0.3) is 0 Å². The maximum Gasteiger partial charge on any atom is 0.243 e.